The van der Waals surface area contributed by atoms with Gasteiger partial charge in [-0.05, 0) is 66.5 Å². The third-order valence-electron chi connectivity index (χ3n) is 9.04. The van der Waals surface area contributed by atoms with Crippen LogP contribution in [-0.4, -0.2) is 25.8 Å². The van der Waals surface area contributed by atoms with E-state index in [9.17, 15) is 9.90 Å². The first-order valence-corrected chi connectivity index (χ1v) is 18.4. The van der Waals surface area contributed by atoms with E-state index in [-0.39, 0.29) is 48.9 Å². The van der Waals surface area contributed by atoms with Gasteiger partial charge >= 0.3 is 0 Å². The number of pyridine rings is 1. The molecule has 7 heteroatoms. The third kappa shape index (κ3) is 9.93. The Morgan fingerprint density at radius 2 is 1.55 bits per heavy atom. The van der Waals surface area contributed by atoms with Crippen LogP contribution >= 0.6 is 11.3 Å². The van der Waals surface area contributed by atoms with E-state index < -0.39 is 0 Å². The summed E-state index contributed by atoms with van der Waals surface area (Å²) in [5, 5.41) is 15.4. The van der Waals surface area contributed by atoms with Gasteiger partial charge in [0.15, 0.2) is 5.78 Å². The first-order valence-electron chi connectivity index (χ1n) is 17.5. The Balaban J connectivity index is 0.000000347. The molecule has 0 amide bonds. The number of hydrogen-bond acceptors (Lipinski definition) is 6. The summed E-state index contributed by atoms with van der Waals surface area (Å²) in [7, 11) is 0. The van der Waals surface area contributed by atoms with Crippen LogP contribution < -0.4 is 0 Å². The van der Waals surface area contributed by atoms with Gasteiger partial charge in [-0.1, -0.05) is 91.5 Å². The molecule has 0 spiro atoms. The van der Waals surface area contributed by atoms with Crippen molar-refractivity contribution in [1.82, 2.24) is 15.0 Å². The molecule has 0 atom stereocenters. The van der Waals surface area contributed by atoms with Crippen LogP contribution in [-0.2, 0) is 36.7 Å². The number of carbonyl (C=O) groups is 1. The van der Waals surface area contributed by atoms with E-state index in [1.165, 1.54) is 32.7 Å². The monoisotopic (exact) mass is 855 g/mol. The van der Waals surface area contributed by atoms with Gasteiger partial charge in [0.25, 0.3) is 0 Å². The molecule has 0 aliphatic heterocycles. The fourth-order valence-corrected chi connectivity index (χ4v) is 7.13. The Morgan fingerprint density at radius 1 is 0.898 bits per heavy atom. The Hall–Kier alpha value is -3.25. The Bertz CT molecular complexity index is 1860. The van der Waals surface area contributed by atoms with Crippen molar-refractivity contribution in [3.8, 4) is 22.6 Å². The van der Waals surface area contributed by atoms with Crippen molar-refractivity contribution in [1.29, 1.82) is 0 Å². The van der Waals surface area contributed by atoms with Crippen molar-refractivity contribution in [2.75, 3.05) is 0 Å². The van der Waals surface area contributed by atoms with Crippen LogP contribution in [0.3, 0.4) is 0 Å². The number of nitrogens with zero attached hydrogens (tertiary/aromatic N) is 3. The van der Waals surface area contributed by atoms with Crippen LogP contribution in [0.5, 0.6) is 0 Å². The van der Waals surface area contributed by atoms with E-state index in [0.29, 0.717) is 5.92 Å². The summed E-state index contributed by atoms with van der Waals surface area (Å²) >= 11 is 1.78. The number of carbonyl (C=O) groups excluding carboxylic acids is 1. The number of rotatable bonds is 11. The normalized spacial score (nSPS) is 12.0. The van der Waals surface area contributed by atoms with Gasteiger partial charge in [-0.2, -0.15) is 0 Å². The average Bonchev–Trinajstić information content (AvgIpc) is 3.56. The quantitative estimate of drug-likeness (QED) is 0.0814. The molecule has 0 saturated carbocycles. The van der Waals surface area contributed by atoms with E-state index >= 15 is 0 Å². The van der Waals surface area contributed by atoms with Gasteiger partial charge in [-0.3, -0.25) is 14.8 Å². The summed E-state index contributed by atoms with van der Waals surface area (Å²) in [6.45, 7) is 19.3. The minimum absolute atomic E-state index is 0. The van der Waals surface area contributed by atoms with Crippen molar-refractivity contribution >= 4 is 38.0 Å². The number of hydrogen-bond donors (Lipinski definition) is 1. The third-order valence-corrected chi connectivity index (χ3v) is 10.0. The topological polar surface area (TPSA) is 76.0 Å². The molecule has 0 unspecified atom stereocenters. The molecule has 49 heavy (non-hydrogen) atoms. The Morgan fingerprint density at radius 3 is 2.18 bits per heavy atom. The smallest absolute Gasteiger partial charge is 0.162 e. The molecule has 1 radical (unpaired) electrons. The molecule has 0 bridgehead atoms. The predicted octanol–water partition coefficient (Wildman–Crippen LogP) is 11.7. The molecule has 0 aliphatic rings. The van der Waals surface area contributed by atoms with Crippen LogP contribution in [0.15, 0.2) is 72.2 Å². The summed E-state index contributed by atoms with van der Waals surface area (Å²) in [6.07, 6.45) is 9.60. The number of aromatic nitrogens is 3. The second-order valence-corrected chi connectivity index (χ2v) is 15.0. The Kier molecular flexibility index (Phi) is 14.9. The predicted molar refractivity (Wildman–Crippen MR) is 204 cm³/mol. The van der Waals surface area contributed by atoms with Gasteiger partial charge in [0.2, 0.25) is 0 Å². The molecule has 0 fully saturated rings. The fraction of sp³-hybridized carbons (Fsp3) is 0.429. The number of allylic oxidation sites excluding steroid dienone is 2. The van der Waals surface area contributed by atoms with Gasteiger partial charge < -0.3 is 5.11 Å². The van der Waals surface area contributed by atoms with Crippen LogP contribution in [0.2, 0.25) is 0 Å². The molecule has 0 aliphatic carbocycles. The molecule has 263 valence electrons. The molecule has 5 rings (SSSR count). The molecular weight excluding hydrogens is 803 g/mol. The van der Waals surface area contributed by atoms with Crippen molar-refractivity contribution in [3.05, 3.63) is 89.4 Å². The average molecular weight is 855 g/mol. The van der Waals surface area contributed by atoms with E-state index in [0.717, 1.165) is 60.1 Å². The van der Waals surface area contributed by atoms with Gasteiger partial charge in [0, 0.05) is 60.0 Å². The minimum atomic E-state index is 0. The van der Waals surface area contributed by atoms with Crippen molar-refractivity contribution in [3.63, 3.8) is 0 Å². The minimum Gasteiger partial charge on any atom is -0.512 e. The zero-order valence-electron chi connectivity index (χ0n) is 30.6. The van der Waals surface area contributed by atoms with E-state index in [4.69, 9.17) is 4.98 Å². The second kappa shape index (κ2) is 18.1. The largest absolute Gasteiger partial charge is 0.512 e. The number of aliphatic hydroxyl groups excluding tert-OH is 1. The molecule has 5 aromatic rings. The fourth-order valence-electron chi connectivity index (χ4n) is 6.21. The number of thiophene rings is 1. The Labute approximate surface area is 311 Å². The van der Waals surface area contributed by atoms with Crippen LogP contribution in [0.4, 0.5) is 0 Å². The van der Waals surface area contributed by atoms with Crippen LogP contribution in [0.1, 0.15) is 99.1 Å². The second-order valence-electron chi connectivity index (χ2n) is 14.1. The SMILES string of the molecule is CC(C)Cc1cnc(-c2cc(-c3[c-]c4ccccc4c(C(C)(C)C)c3)ncn2)c2ccsc12.CCC(CC)C(=O)/C=C(\O)C(CC)CC.[Ir]. The summed E-state index contributed by atoms with van der Waals surface area (Å²) in [5.41, 5.74) is 6.23. The van der Waals surface area contributed by atoms with Crippen LogP contribution in [0, 0.1) is 23.8 Å². The summed E-state index contributed by atoms with van der Waals surface area (Å²) in [4.78, 5) is 25.8. The van der Waals surface area contributed by atoms with Gasteiger partial charge in [0.1, 0.15) is 6.33 Å². The molecular formula is C42H52IrN3O2S-. The van der Waals surface area contributed by atoms with Crippen molar-refractivity contribution < 1.29 is 30.0 Å². The summed E-state index contributed by atoms with van der Waals surface area (Å²) in [6, 6.07) is 18.5. The zero-order valence-corrected chi connectivity index (χ0v) is 33.8. The standard InChI is InChI=1S/C29H28N3S.C13H24O2.Ir/c1-18(2)12-21-16-30-27(23-10-11-33-28(21)23)26-15-25(31-17-32-26)20-13-19-8-6-7-9-22(19)24(14-20)29(3,4)5;1-5-10(6-2)12(14)9-13(15)11(7-3)8-4;/h6-11,14-18H,12H2,1-5H3;9-11,14H,5-8H2,1-4H3;/q-1;;/b;12-9-;. The molecule has 3 aromatic heterocycles. The maximum Gasteiger partial charge on any atom is 0.162 e. The summed E-state index contributed by atoms with van der Waals surface area (Å²) in [5.74, 6) is 1.14. The molecule has 1 N–H and O–H groups in total. The van der Waals surface area contributed by atoms with E-state index in [1.54, 1.807) is 17.7 Å². The summed E-state index contributed by atoms with van der Waals surface area (Å²) < 4.78 is 1.31. The van der Waals surface area contributed by atoms with Crippen molar-refractivity contribution in [2.45, 2.75) is 99.8 Å². The van der Waals surface area contributed by atoms with Gasteiger partial charge in [-0.15, -0.1) is 40.5 Å². The van der Waals surface area contributed by atoms with E-state index in [1.807, 2.05) is 33.9 Å². The number of fused-ring (bicyclic) bond motifs is 2. The van der Waals surface area contributed by atoms with Crippen LogP contribution in [0.25, 0.3) is 43.5 Å². The maximum atomic E-state index is 11.7. The number of ketones is 1. The van der Waals surface area contributed by atoms with Crippen molar-refractivity contribution in [2.24, 2.45) is 17.8 Å². The number of aliphatic hydroxyl groups is 1. The zero-order chi connectivity index (χ0) is 35.0. The molecule has 3 heterocycles. The molecule has 2 aromatic carbocycles. The first kappa shape index (κ1) is 40.2. The number of benzene rings is 2. The van der Waals surface area contributed by atoms with Gasteiger partial charge in [0.05, 0.1) is 17.1 Å². The maximum absolute atomic E-state index is 11.7. The molecule has 0 saturated heterocycles. The first-order chi connectivity index (χ1) is 22.9. The van der Waals surface area contributed by atoms with Gasteiger partial charge in [-0.25, -0.2) is 4.98 Å². The van der Waals surface area contributed by atoms with E-state index in [2.05, 4.69) is 98.5 Å². The molecule has 5 nitrogen and oxygen atoms in total.